The third kappa shape index (κ3) is 2.28. The van der Waals surface area contributed by atoms with E-state index in [4.69, 9.17) is 5.26 Å². The SMILES string of the molecule is CNc1sc2c(c1C#N)CCN(c1ncc(C#N)cn1)C2. The molecule has 3 heterocycles. The molecule has 2 aromatic rings. The lowest BCUT2D eigenvalue weighted by molar-refractivity contribution is 0.717. The highest BCUT2D eigenvalue weighted by Crippen LogP contribution is 2.36. The number of hydrogen-bond acceptors (Lipinski definition) is 7. The molecule has 0 radical (unpaired) electrons. The Hall–Kier alpha value is -2.64. The molecule has 0 spiro atoms. The van der Waals surface area contributed by atoms with E-state index in [-0.39, 0.29) is 0 Å². The molecule has 0 amide bonds. The average Bonchev–Trinajstić information content (AvgIpc) is 2.91. The monoisotopic (exact) mass is 296 g/mol. The maximum atomic E-state index is 9.28. The van der Waals surface area contributed by atoms with Gasteiger partial charge in [-0.3, -0.25) is 0 Å². The number of fused-ring (bicyclic) bond motifs is 1. The molecule has 0 unspecified atom stereocenters. The van der Waals surface area contributed by atoms with E-state index < -0.39 is 0 Å². The van der Waals surface area contributed by atoms with Crippen LogP contribution in [0.25, 0.3) is 0 Å². The molecule has 0 saturated carbocycles. The van der Waals surface area contributed by atoms with Crippen molar-refractivity contribution in [3.8, 4) is 12.1 Å². The lowest BCUT2D eigenvalue weighted by Crippen LogP contribution is -2.31. The van der Waals surface area contributed by atoms with Crippen LogP contribution in [0.5, 0.6) is 0 Å². The van der Waals surface area contributed by atoms with Crippen molar-refractivity contribution in [2.24, 2.45) is 0 Å². The van der Waals surface area contributed by atoms with Crippen molar-refractivity contribution in [2.75, 3.05) is 23.8 Å². The fourth-order valence-corrected chi connectivity index (χ4v) is 3.58. The van der Waals surface area contributed by atoms with Gasteiger partial charge in [0, 0.05) is 18.5 Å². The predicted octanol–water partition coefficient (Wildman–Crippen LogP) is 1.89. The molecule has 0 aromatic carbocycles. The summed E-state index contributed by atoms with van der Waals surface area (Å²) in [5, 5.41) is 22.1. The fraction of sp³-hybridized carbons (Fsp3) is 0.286. The third-order valence-corrected chi connectivity index (χ3v) is 4.68. The van der Waals surface area contributed by atoms with Gasteiger partial charge >= 0.3 is 0 Å². The Morgan fingerprint density at radius 1 is 1.29 bits per heavy atom. The standard InChI is InChI=1S/C14H12N6S/c1-17-13-11(5-16)10-2-3-20(8-12(10)21-13)14-18-6-9(4-15)7-19-14/h6-7,17H,2-3,8H2,1H3. The fourth-order valence-electron chi connectivity index (χ4n) is 2.41. The molecule has 7 heteroatoms. The first-order valence-corrected chi connectivity index (χ1v) is 7.28. The molecule has 21 heavy (non-hydrogen) atoms. The number of rotatable bonds is 2. The van der Waals surface area contributed by atoms with Crippen LogP contribution < -0.4 is 10.2 Å². The van der Waals surface area contributed by atoms with Crippen molar-refractivity contribution >= 4 is 22.3 Å². The second-order valence-electron chi connectivity index (χ2n) is 4.62. The number of anilines is 2. The van der Waals surface area contributed by atoms with E-state index >= 15 is 0 Å². The Morgan fingerprint density at radius 3 is 2.67 bits per heavy atom. The first-order valence-electron chi connectivity index (χ1n) is 6.46. The molecule has 0 atom stereocenters. The van der Waals surface area contributed by atoms with Gasteiger partial charge in [-0.05, 0) is 12.0 Å². The van der Waals surface area contributed by atoms with Gasteiger partial charge in [0.2, 0.25) is 5.95 Å². The number of thiophene rings is 1. The molecule has 1 N–H and O–H groups in total. The zero-order chi connectivity index (χ0) is 14.8. The maximum Gasteiger partial charge on any atom is 0.225 e. The van der Waals surface area contributed by atoms with Gasteiger partial charge in [-0.25, -0.2) is 9.97 Å². The highest BCUT2D eigenvalue weighted by Gasteiger charge is 2.25. The number of nitrogens with one attached hydrogen (secondary N) is 1. The van der Waals surface area contributed by atoms with Gasteiger partial charge in [0.05, 0.1) is 30.1 Å². The zero-order valence-electron chi connectivity index (χ0n) is 11.4. The summed E-state index contributed by atoms with van der Waals surface area (Å²) in [4.78, 5) is 11.7. The smallest absolute Gasteiger partial charge is 0.225 e. The number of hydrogen-bond donors (Lipinski definition) is 1. The topological polar surface area (TPSA) is 88.6 Å². The minimum absolute atomic E-state index is 0.455. The third-order valence-electron chi connectivity index (χ3n) is 3.45. The van der Waals surface area contributed by atoms with Crippen LogP contribution in [0.2, 0.25) is 0 Å². The molecule has 6 nitrogen and oxygen atoms in total. The number of nitriles is 2. The molecule has 0 saturated heterocycles. The summed E-state index contributed by atoms with van der Waals surface area (Å²) >= 11 is 1.61. The molecule has 0 bridgehead atoms. The Bertz CT molecular complexity index is 749. The van der Waals surface area contributed by atoms with Crippen LogP contribution in [0.4, 0.5) is 10.9 Å². The molecule has 0 fully saturated rings. The van der Waals surface area contributed by atoms with Crippen molar-refractivity contribution in [2.45, 2.75) is 13.0 Å². The first-order chi connectivity index (χ1) is 10.3. The van der Waals surface area contributed by atoms with Crippen LogP contribution in [0, 0.1) is 22.7 Å². The van der Waals surface area contributed by atoms with Gasteiger partial charge in [-0.2, -0.15) is 10.5 Å². The summed E-state index contributed by atoms with van der Waals surface area (Å²) in [6, 6.07) is 4.30. The van der Waals surface area contributed by atoms with Crippen molar-refractivity contribution < 1.29 is 0 Å². The van der Waals surface area contributed by atoms with Gasteiger partial charge in [0.15, 0.2) is 0 Å². The van der Waals surface area contributed by atoms with E-state index in [2.05, 4.69) is 26.3 Å². The van der Waals surface area contributed by atoms with Crippen molar-refractivity contribution in [3.63, 3.8) is 0 Å². The van der Waals surface area contributed by atoms with Crippen LogP contribution >= 0.6 is 11.3 Å². The van der Waals surface area contributed by atoms with Gasteiger partial charge in [-0.15, -0.1) is 11.3 Å². The molecular weight excluding hydrogens is 284 g/mol. The van der Waals surface area contributed by atoms with Crippen LogP contribution in [0.15, 0.2) is 12.4 Å². The molecule has 1 aliphatic rings. The number of nitrogens with zero attached hydrogens (tertiary/aromatic N) is 5. The van der Waals surface area contributed by atoms with Gasteiger partial charge in [-0.1, -0.05) is 0 Å². The Balaban J connectivity index is 1.89. The minimum atomic E-state index is 0.455. The van der Waals surface area contributed by atoms with Crippen LogP contribution in [0.1, 0.15) is 21.6 Å². The molecular formula is C14H12N6S. The molecule has 2 aromatic heterocycles. The van der Waals surface area contributed by atoms with Crippen LogP contribution in [-0.2, 0) is 13.0 Å². The summed E-state index contributed by atoms with van der Waals surface area (Å²) in [5.74, 6) is 0.623. The van der Waals surface area contributed by atoms with E-state index in [0.717, 1.165) is 29.1 Å². The van der Waals surface area contributed by atoms with Crippen LogP contribution in [-0.4, -0.2) is 23.6 Å². The molecule has 1 aliphatic heterocycles. The molecule has 3 rings (SSSR count). The van der Waals surface area contributed by atoms with E-state index in [9.17, 15) is 5.26 Å². The lowest BCUT2D eigenvalue weighted by atomic mass is 10.0. The lowest BCUT2D eigenvalue weighted by Gasteiger charge is -2.26. The van der Waals surface area contributed by atoms with Crippen molar-refractivity contribution in [3.05, 3.63) is 34.0 Å². The summed E-state index contributed by atoms with van der Waals surface area (Å²) in [7, 11) is 1.83. The highest BCUT2D eigenvalue weighted by molar-refractivity contribution is 7.16. The van der Waals surface area contributed by atoms with Gasteiger partial charge in [0.1, 0.15) is 17.1 Å². The second-order valence-corrected chi connectivity index (χ2v) is 5.73. The second kappa shape index (κ2) is 5.39. The van der Waals surface area contributed by atoms with Gasteiger partial charge < -0.3 is 10.2 Å². The average molecular weight is 296 g/mol. The quantitative estimate of drug-likeness (QED) is 0.910. The number of aromatic nitrogens is 2. The van der Waals surface area contributed by atoms with Crippen molar-refractivity contribution in [1.29, 1.82) is 10.5 Å². The van der Waals surface area contributed by atoms with E-state index in [1.807, 2.05) is 13.1 Å². The highest BCUT2D eigenvalue weighted by atomic mass is 32.1. The van der Waals surface area contributed by atoms with Crippen LogP contribution in [0.3, 0.4) is 0 Å². The summed E-state index contributed by atoms with van der Waals surface area (Å²) in [6.45, 7) is 1.47. The zero-order valence-corrected chi connectivity index (χ0v) is 12.2. The normalized spacial score (nSPS) is 13.2. The van der Waals surface area contributed by atoms with E-state index in [0.29, 0.717) is 18.1 Å². The summed E-state index contributed by atoms with van der Waals surface area (Å²) < 4.78 is 0. The van der Waals surface area contributed by atoms with Gasteiger partial charge in [0.25, 0.3) is 0 Å². The Kier molecular flexibility index (Phi) is 3.43. The Morgan fingerprint density at radius 2 is 2.05 bits per heavy atom. The summed E-state index contributed by atoms with van der Waals surface area (Å²) in [5.41, 5.74) is 2.35. The molecule has 0 aliphatic carbocycles. The van der Waals surface area contributed by atoms with Crippen molar-refractivity contribution in [1.82, 2.24) is 9.97 Å². The first kappa shape index (κ1) is 13.3. The van der Waals surface area contributed by atoms with E-state index in [1.165, 1.54) is 17.3 Å². The largest absolute Gasteiger partial charge is 0.379 e. The minimum Gasteiger partial charge on any atom is -0.379 e. The van der Waals surface area contributed by atoms with E-state index in [1.54, 1.807) is 11.3 Å². The molecule has 104 valence electrons. The summed E-state index contributed by atoms with van der Waals surface area (Å²) in [6.07, 6.45) is 3.87. The maximum absolute atomic E-state index is 9.28. The predicted molar refractivity (Wildman–Crippen MR) is 80.1 cm³/mol. The Labute approximate surface area is 126 Å².